The average molecular weight is 387 g/mol. The molecule has 0 bridgehead atoms. The topological polar surface area (TPSA) is 58.9 Å². The van der Waals surface area contributed by atoms with E-state index in [2.05, 4.69) is 69.3 Å². The second kappa shape index (κ2) is 8.25. The number of hydrogen-bond acceptors (Lipinski definition) is 4. The molecule has 27 heavy (non-hydrogen) atoms. The van der Waals surface area contributed by atoms with Crippen LogP contribution in [0.5, 0.6) is 0 Å². The predicted molar refractivity (Wildman–Crippen MR) is 110 cm³/mol. The highest BCUT2D eigenvalue weighted by Gasteiger charge is 2.52. The van der Waals surface area contributed by atoms with Gasteiger partial charge in [-0.3, -0.25) is 0 Å². The quantitative estimate of drug-likeness (QED) is 0.775. The number of ether oxygens (including phenoxy) is 1. The minimum absolute atomic E-state index is 0.113. The van der Waals surface area contributed by atoms with Crippen LogP contribution in [0.15, 0.2) is 60.7 Å². The zero-order valence-electron chi connectivity index (χ0n) is 16.3. The third-order valence-electron chi connectivity index (χ3n) is 5.30. The Bertz CT molecular complexity index is 675. The average Bonchev–Trinajstić information content (AvgIpc) is 2.66. The van der Waals surface area contributed by atoms with Gasteiger partial charge in [0.2, 0.25) is 0 Å². The van der Waals surface area contributed by atoms with Crippen LogP contribution < -0.4 is 10.4 Å². The van der Waals surface area contributed by atoms with Gasteiger partial charge in [0.1, 0.15) is 0 Å². The monoisotopic (exact) mass is 386 g/mol. The molecule has 1 saturated heterocycles. The molecule has 0 saturated carbocycles. The van der Waals surface area contributed by atoms with Crippen LogP contribution in [0.25, 0.3) is 0 Å². The molecule has 0 radical (unpaired) electrons. The molecule has 1 unspecified atom stereocenters. The maximum absolute atomic E-state index is 10.1. The molecule has 5 heteroatoms. The lowest BCUT2D eigenvalue weighted by atomic mass is 10.1. The molecule has 0 aromatic heterocycles. The Morgan fingerprint density at radius 2 is 1.48 bits per heavy atom. The second-order valence-electron chi connectivity index (χ2n) is 8.27. The predicted octanol–water partition coefficient (Wildman–Crippen LogP) is 2.42. The molecule has 146 valence electrons. The minimum atomic E-state index is -2.66. The van der Waals surface area contributed by atoms with Gasteiger partial charge in [-0.1, -0.05) is 81.4 Å². The van der Waals surface area contributed by atoms with Crippen molar-refractivity contribution in [3.8, 4) is 0 Å². The van der Waals surface area contributed by atoms with Crippen LogP contribution >= 0.6 is 0 Å². The fraction of sp³-hybridized carbons (Fsp3) is 0.455. The molecular formula is C22H30O4Si. The molecule has 4 nitrogen and oxygen atoms in total. The molecule has 0 amide bonds. The fourth-order valence-corrected chi connectivity index (χ4v) is 8.81. The van der Waals surface area contributed by atoms with Crippen molar-refractivity contribution in [3.05, 3.63) is 60.7 Å². The summed E-state index contributed by atoms with van der Waals surface area (Å²) in [5.41, 5.74) is 0. The standard InChI is InChI=1S/C22H30O4Si/c1-22(2,3)27(19-10-6-4-7-11-19,20-12-8-5-9-13-20)26-17-14-18(16-23)25-21(24)15-17/h4-13,17-18,21,23-24H,14-16H2,1-3H3/t17-,18+,21?/m1/s1. The molecule has 3 rings (SSSR count). The van der Waals surface area contributed by atoms with Gasteiger partial charge in [0.15, 0.2) is 6.29 Å². The summed E-state index contributed by atoms with van der Waals surface area (Å²) in [6.45, 7) is 6.59. The van der Waals surface area contributed by atoms with E-state index in [9.17, 15) is 10.2 Å². The van der Waals surface area contributed by atoms with Gasteiger partial charge in [-0.25, -0.2) is 0 Å². The van der Waals surface area contributed by atoms with Crippen molar-refractivity contribution in [2.75, 3.05) is 6.61 Å². The summed E-state index contributed by atoms with van der Waals surface area (Å²) < 4.78 is 12.4. The van der Waals surface area contributed by atoms with E-state index >= 15 is 0 Å². The van der Waals surface area contributed by atoms with Gasteiger partial charge >= 0.3 is 0 Å². The van der Waals surface area contributed by atoms with E-state index in [4.69, 9.17) is 9.16 Å². The fourth-order valence-electron chi connectivity index (χ4n) is 4.10. The van der Waals surface area contributed by atoms with Gasteiger partial charge in [0.05, 0.1) is 18.8 Å². The van der Waals surface area contributed by atoms with Crippen molar-refractivity contribution in [1.29, 1.82) is 0 Å². The highest BCUT2D eigenvalue weighted by atomic mass is 28.4. The number of rotatable bonds is 5. The van der Waals surface area contributed by atoms with Crippen LogP contribution in [0.3, 0.4) is 0 Å². The van der Waals surface area contributed by atoms with E-state index in [1.165, 1.54) is 10.4 Å². The highest BCUT2D eigenvalue weighted by molar-refractivity contribution is 6.99. The maximum atomic E-state index is 10.1. The third kappa shape index (κ3) is 4.17. The molecule has 3 atom stereocenters. The van der Waals surface area contributed by atoms with E-state index < -0.39 is 20.7 Å². The highest BCUT2D eigenvalue weighted by Crippen LogP contribution is 2.39. The first-order valence-electron chi connectivity index (χ1n) is 9.60. The molecular weight excluding hydrogens is 356 g/mol. The van der Waals surface area contributed by atoms with Gasteiger partial charge in [-0.05, 0) is 15.4 Å². The molecule has 1 aliphatic heterocycles. The summed E-state index contributed by atoms with van der Waals surface area (Å²) >= 11 is 0. The number of aliphatic hydroxyl groups is 2. The Kier molecular flexibility index (Phi) is 6.18. The summed E-state index contributed by atoms with van der Waals surface area (Å²) in [5.74, 6) is 0. The summed E-state index contributed by atoms with van der Waals surface area (Å²) in [6, 6.07) is 20.9. The van der Waals surface area contributed by atoms with Crippen LogP contribution in [-0.2, 0) is 9.16 Å². The third-order valence-corrected chi connectivity index (χ3v) is 10.4. The largest absolute Gasteiger partial charge is 0.404 e. The Morgan fingerprint density at radius 1 is 0.963 bits per heavy atom. The first-order chi connectivity index (χ1) is 12.9. The van der Waals surface area contributed by atoms with Crippen molar-refractivity contribution in [2.24, 2.45) is 0 Å². The van der Waals surface area contributed by atoms with Crippen LogP contribution in [0, 0.1) is 0 Å². The van der Waals surface area contributed by atoms with E-state index in [0.717, 1.165) is 0 Å². The summed E-state index contributed by atoms with van der Waals surface area (Å²) in [4.78, 5) is 0. The van der Waals surface area contributed by atoms with E-state index in [1.54, 1.807) is 0 Å². The molecule has 1 fully saturated rings. The zero-order valence-corrected chi connectivity index (χ0v) is 17.3. The SMILES string of the molecule is CC(C)(C)[Si](O[C@H]1CC(O)O[C@H](CO)C1)(c1ccccc1)c1ccccc1. The van der Waals surface area contributed by atoms with Crippen molar-refractivity contribution >= 4 is 18.7 Å². The van der Waals surface area contributed by atoms with Crippen molar-refractivity contribution in [3.63, 3.8) is 0 Å². The maximum Gasteiger partial charge on any atom is 0.261 e. The Labute approximate surface area is 162 Å². The van der Waals surface area contributed by atoms with Gasteiger partial charge in [-0.2, -0.15) is 0 Å². The lowest BCUT2D eigenvalue weighted by Gasteiger charge is -2.46. The van der Waals surface area contributed by atoms with Crippen LogP contribution in [-0.4, -0.2) is 43.6 Å². The normalized spacial score (nSPS) is 24.0. The van der Waals surface area contributed by atoms with Gasteiger partial charge in [0, 0.05) is 12.8 Å². The molecule has 0 aliphatic carbocycles. The molecule has 1 aliphatic rings. The van der Waals surface area contributed by atoms with E-state index in [0.29, 0.717) is 12.8 Å². The first-order valence-corrected chi connectivity index (χ1v) is 11.5. The molecule has 1 heterocycles. The summed E-state index contributed by atoms with van der Waals surface area (Å²) in [7, 11) is -2.66. The first kappa shape index (κ1) is 20.2. The van der Waals surface area contributed by atoms with E-state index in [-0.39, 0.29) is 17.7 Å². The lowest BCUT2D eigenvalue weighted by Crippen LogP contribution is -2.68. The molecule has 0 spiro atoms. The lowest BCUT2D eigenvalue weighted by molar-refractivity contribution is -0.194. The number of benzene rings is 2. The van der Waals surface area contributed by atoms with Gasteiger partial charge in [0.25, 0.3) is 8.32 Å². The van der Waals surface area contributed by atoms with Crippen LogP contribution in [0.2, 0.25) is 5.04 Å². The van der Waals surface area contributed by atoms with Gasteiger partial charge in [-0.15, -0.1) is 0 Å². The Morgan fingerprint density at radius 3 is 1.93 bits per heavy atom. The molecule has 2 aromatic carbocycles. The second-order valence-corrected chi connectivity index (χ2v) is 12.5. The van der Waals surface area contributed by atoms with Crippen LogP contribution in [0.4, 0.5) is 0 Å². The van der Waals surface area contributed by atoms with Crippen molar-refractivity contribution in [1.82, 2.24) is 0 Å². The Hall–Kier alpha value is -1.50. The smallest absolute Gasteiger partial charge is 0.261 e. The zero-order chi connectivity index (χ0) is 19.5. The molecule has 2 N–H and O–H groups in total. The van der Waals surface area contributed by atoms with Crippen molar-refractivity contribution in [2.45, 2.75) is 57.1 Å². The van der Waals surface area contributed by atoms with Crippen molar-refractivity contribution < 1.29 is 19.4 Å². The minimum Gasteiger partial charge on any atom is -0.404 e. The summed E-state index contributed by atoms with van der Waals surface area (Å²) in [5, 5.41) is 22.0. The number of aliphatic hydroxyl groups excluding tert-OH is 2. The van der Waals surface area contributed by atoms with E-state index in [1.807, 2.05) is 12.1 Å². The molecule has 2 aromatic rings. The Balaban J connectivity index is 2.09. The number of hydrogen-bond donors (Lipinski definition) is 2. The van der Waals surface area contributed by atoms with Gasteiger partial charge < -0.3 is 19.4 Å². The summed E-state index contributed by atoms with van der Waals surface area (Å²) in [6.07, 6.45) is -0.465. The van der Waals surface area contributed by atoms with Crippen LogP contribution in [0.1, 0.15) is 33.6 Å².